The molecule has 2 N–H and O–H groups in total. The zero-order chi connectivity index (χ0) is 18.5. The third-order valence-corrected chi connectivity index (χ3v) is 4.14. The second-order valence-electron chi connectivity index (χ2n) is 5.98. The van der Waals surface area contributed by atoms with Crippen LogP contribution in [0.4, 0.5) is 4.79 Å². The maximum Gasteiger partial charge on any atom is 0.321 e. The number of likely N-dealkylation sites (N-methyl/N-ethyl adjacent to an activating group) is 1. The van der Waals surface area contributed by atoms with Crippen LogP contribution in [-0.4, -0.2) is 37.7 Å². The first-order chi connectivity index (χ1) is 12.6. The Bertz CT molecular complexity index is 795. The quantitative estimate of drug-likeness (QED) is 0.858. The predicted molar refractivity (Wildman–Crippen MR) is 95.8 cm³/mol. The number of nitrogens with zero attached hydrogens (tertiary/aromatic N) is 1. The summed E-state index contributed by atoms with van der Waals surface area (Å²) >= 11 is 0. The molecule has 1 aliphatic heterocycles. The molecule has 0 fully saturated rings. The Hall–Kier alpha value is -3.06. The topological polar surface area (TPSA) is 79.9 Å². The number of amides is 3. The van der Waals surface area contributed by atoms with Crippen molar-refractivity contribution in [3.8, 4) is 11.5 Å². The molecular weight excluding hydrogens is 334 g/mol. The highest BCUT2D eigenvalue weighted by molar-refractivity contribution is 5.97. The van der Waals surface area contributed by atoms with Crippen molar-refractivity contribution in [3.05, 3.63) is 59.7 Å². The van der Waals surface area contributed by atoms with Gasteiger partial charge in [0.2, 0.25) is 12.7 Å². The summed E-state index contributed by atoms with van der Waals surface area (Å²) in [6.45, 7) is 0.715. The number of hydrogen-bond acceptors (Lipinski definition) is 5. The number of urea groups is 1. The van der Waals surface area contributed by atoms with Crippen molar-refractivity contribution >= 4 is 11.9 Å². The van der Waals surface area contributed by atoms with E-state index in [9.17, 15) is 9.59 Å². The molecular formula is C19H21N3O4. The lowest BCUT2D eigenvalue weighted by Gasteiger charge is -2.27. The van der Waals surface area contributed by atoms with E-state index in [1.54, 1.807) is 0 Å². The van der Waals surface area contributed by atoms with E-state index in [1.807, 2.05) is 60.5 Å². The van der Waals surface area contributed by atoms with E-state index < -0.39 is 18.0 Å². The monoisotopic (exact) mass is 355 g/mol. The summed E-state index contributed by atoms with van der Waals surface area (Å²) < 4.78 is 10.7. The van der Waals surface area contributed by atoms with E-state index in [2.05, 4.69) is 10.6 Å². The molecule has 0 radical (unpaired) electrons. The maximum atomic E-state index is 12.7. The van der Waals surface area contributed by atoms with Gasteiger partial charge in [-0.15, -0.1) is 0 Å². The SMILES string of the molecule is CNC(=O)NC(=O)[C@@H](c1ccccc1)N(C)Cc1ccc2c(c1)OCO2. The number of carbonyl (C=O) groups is 2. The van der Waals surface area contributed by atoms with Crippen LogP contribution in [0.25, 0.3) is 0 Å². The van der Waals surface area contributed by atoms with Crippen LogP contribution in [0, 0.1) is 0 Å². The summed E-state index contributed by atoms with van der Waals surface area (Å²) in [4.78, 5) is 26.1. The molecule has 7 nitrogen and oxygen atoms in total. The standard InChI is InChI=1S/C19H21N3O4/c1-20-19(24)21-18(23)17(14-6-4-3-5-7-14)22(2)11-13-8-9-15-16(10-13)26-12-25-15/h3-10,17H,11-12H2,1-2H3,(H2,20,21,23,24)/t17-/m1/s1. The Balaban J connectivity index is 1.81. The molecule has 1 heterocycles. The number of carbonyl (C=O) groups excluding carboxylic acids is 2. The number of ether oxygens (including phenoxy) is 2. The lowest BCUT2D eigenvalue weighted by atomic mass is 10.0. The summed E-state index contributed by atoms with van der Waals surface area (Å²) in [5.41, 5.74) is 1.78. The van der Waals surface area contributed by atoms with Crippen LogP contribution in [-0.2, 0) is 11.3 Å². The Labute approximate surface area is 151 Å². The zero-order valence-electron chi connectivity index (χ0n) is 14.7. The lowest BCUT2D eigenvalue weighted by molar-refractivity contribution is -0.125. The van der Waals surface area contributed by atoms with Gasteiger partial charge in [-0.3, -0.25) is 15.0 Å². The van der Waals surface area contributed by atoms with Gasteiger partial charge < -0.3 is 14.8 Å². The van der Waals surface area contributed by atoms with E-state index in [0.29, 0.717) is 18.0 Å². The number of hydrogen-bond donors (Lipinski definition) is 2. The van der Waals surface area contributed by atoms with Crippen molar-refractivity contribution in [1.29, 1.82) is 0 Å². The Morgan fingerprint density at radius 3 is 2.58 bits per heavy atom. The molecule has 26 heavy (non-hydrogen) atoms. The average Bonchev–Trinajstić information content (AvgIpc) is 3.10. The number of rotatable bonds is 5. The molecule has 1 atom stereocenters. The van der Waals surface area contributed by atoms with Gasteiger partial charge in [0, 0.05) is 13.6 Å². The lowest BCUT2D eigenvalue weighted by Crippen LogP contribution is -2.44. The second-order valence-corrected chi connectivity index (χ2v) is 5.98. The zero-order valence-corrected chi connectivity index (χ0v) is 14.7. The second kappa shape index (κ2) is 7.88. The maximum absolute atomic E-state index is 12.7. The van der Waals surface area contributed by atoms with Crippen molar-refractivity contribution in [2.45, 2.75) is 12.6 Å². The van der Waals surface area contributed by atoms with Gasteiger partial charge in [0.1, 0.15) is 6.04 Å². The van der Waals surface area contributed by atoms with Crippen LogP contribution >= 0.6 is 0 Å². The van der Waals surface area contributed by atoms with Gasteiger partial charge in [-0.2, -0.15) is 0 Å². The van der Waals surface area contributed by atoms with Crippen molar-refractivity contribution in [2.75, 3.05) is 20.9 Å². The van der Waals surface area contributed by atoms with Crippen LogP contribution in [0.3, 0.4) is 0 Å². The summed E-state index contributed by atoms with van der Waals surface area (Å²) in [5.74, 6) is 1.02. The molecule has 2 aromatic carbocycles. The smallest absolute Gasteiger partial charge is 0.321 e. The molecule has 0 spiro atoms. The number of benzene rings is 2. The molecule has 0 saturated heterocycles. The van der Waals surface area contributed by atoms with Gasteiger partial charge >= 0.3 is 6.03 Å². The highest BCUT2D eigenvalue weighted by Crippen LogP contribution is 2.33. The minimum Gasteiger partial charge on any atom is -0.454 e. The molecule has 1 aliphatic rings. The van der Waals surface area contributed by atoms with Crippen LogP contribution in [0.1, 0.15) is 17.2 Å². The van der Waals surface area contributed by atoms with Crippen LogP contribution in [0.5, 0.6) is 11.5 Å². The van der Waals surface area contributed by atoms with E-state index in [1.165, 1.54) is 7.05 Å². The van der Waals surface area contributed by atoms with E-state index in [4.69, 9.17) is 9.47 Å². The van der Waals surface area contributed by atoms with Gasteiger partial charge in [-0.25, -0.2) is 4.79 Å². The first-order valence-electron chi connectivity index (χ1n) is 8.25. The largest absolute Gasteiger partial charge is 0.454 e. The molecule has 0 aliphatic carbocycles. The fourth-order valence-electron chi connectivity index (χ4n) is 2.90. The summed E-state index contributed by atoms with van der Waals surface area (Å²) in [7, 11) is 3.31. The first-order valence-corrected chi connectivity index (χ1v) is 8.25. The molecule has 0 unspecified atom stereocenters. The van der Waals surface area contributed by atoms with Crippen molar-refractivity contribution < 1.29 is 19.1 Å². The van der Waals surface area contributed by atoms with E-state index >= 15 is 0 Å². The minimum absolute atomic E-state index is 0.218. The minimum atomic E-state index is -0.612. The molecule has 136 valence electrons. The fourth-order valence-corrected chi connectivity index (χ4v) is 2.90. The Morgan fingerprint density at radius 2 is 1.85 bits per heavy atom. The molecule has 0 aromatic heterocycles. The molecule has 3 amide bonds. The number of nitrogens with one attached hydrogen (secondary N) is 2. The first kappa shape index (κ1) is 17.8. The van der Waals surface area contributed by atoms with Gasteiger partial charge in [0.05, 0.1) is 0 Å². The van der Waals surface area contributed by atoms with Crippen LogP contribution in [0.2, 0.25) is 0 Å². The van der Waals surface area contributed by atoms with Crippen LogP contribution in [0.15, 0.2) is 48.5 Å². The van der Waals surface area contributed by atoms with Gasteiger partial charge in [-0.05, 0) is 30.3 Å². The molecule has 0 saturated carbocycles. The van der Waals surface area contributed by atoms with Crippen molar-refractivity contribution in [2.24, 2.45) is 0 Å². The summed E-state index contributed by atoms with van der Waals surface area (Å²) in [6.07, 6.45) is 0. The van der Waals surface area contributed by atoms with E-state index in [0.717, 1.165) is 11.1 Å². The third kappa shape index (κ3) is 3.94. The molecule has 0 bridgehead atoms. The average molecular weight is 355 g/mol. The summed E-state index contributed by atoms with van der Waals surface area (Å²) in [6, 6.07) is 13.9. The van der Waals surface area contributed by atoms with Crippen LogP contribution < -0.4 is 20.1 Å². The number of imide groups is 1. The van der Waals surface area contributed by atoms with Gasteiger partial charge in [0.25, 0.3) is 0 Å². The third-order valence-electron chi connectivity index (χ3n) is 4.14. The molecule has 3 rings (SSSR count). The van der Waals surface area contributed by atoms with Gasteiger partial charge in [0.15, 0.2) is 11.5 Å². The predicted octanol–water partition coefficient (Wildman–Crippen LogP) is 2.04. The number of fused-ring (bicyclic) bond motifs is 1. The van der Waals surface area contributed by atoms with Crippen molar-refractivity contribution in [3.63, 3.8) is 0 Å². The highest BCUT2D eigenvalue weighted by atomic mass is 16.7. The summed E-state index contributed by atoms with van der Waals surface area (Å²) in [5, 5.41) is 4.76. The molecule has 2 aromatic rings. The highest BCUT2D eigenvalue weighted by Gasteiger charge is 2.27. The van der Waals surface area contributed by atoms with Gasteiger partial charge in [-0.1, -0.05) is 36.4 Å². The normalized spacial score (nSPS) is 13.3. The Morgan fingerprint density at radius 1 is 1.12 bits per heavy atom. The van der Waals surface area contributed by atoms with Crippen molar-refractivity contribution in [1.82, 2.24) is 15.5 Å². The fraction of sp³-hybridized carbons (Fsp3) is 0.263. The molecule has 7 heteroatoms. The Kier molecular flexibility index (Phi) is 5.38. The van der Waals surface area contributed by atoms with E-state index in [-0.39, 0.29) is 6.79 Å².